The molecule has 21 heavy (non-hydrogen) atoms. The maximum absolute atomic E-state index is 5.85. The van der Waals surface area contributed by atoms with Gasteiger partial charge in [0.2, 0.25) is 0 Å². The number of likely N-dealkylation sites (tertiary alicyclic amines) is 1. The minimum atomic E-state index is 0.382. The van der Waals surface area contributed by atoms with Crippen molar-refractivity contribution in [3.63, 3.8) is 0 Å². The molecule has 1 aromatic carbocycles. The second-order valence-corrected chi connectivity index (χ2v) is 5.33. The van der Waals surface area contributed by atoms with Crippen molar-refractivity contribution in [3.05, 3.63) is 24.4 Å². The van der Waals surface area contributed by atoms with Crippen molar-refractivity contribution in [2.24, 2.45) is 0 Å². The summed E-state index contributed by atoms with van der Waals surface area (Å²) in [5.41, 5.74) is 0.845. The van der Waals surface area contributed by atoms with Crippen molar-refractivity contribution in [2.75, 3.05) is 33.4 Å². The van der Waals surface area contributed by atoms with Crippen molar-refractivity contribution in [2.45, 2.75) is 19.3 Å². The summed E-state index contributed by atoms with van der Waals surface area (Å²) in [6.45, 7) is 4.11. The average molecular weight is 287 g/mol. The molecule has 3 rings (SSSR count). The molecule has 1 aromatic heterocycles. The Morgan fingerprint density at radius 1 is 1.19 bits per heavy atom. The van der Waals surface area contributed by atoms with Gasteiger partial charge in [-0.1, -0.05) is 6.42 Å². The van der Waals surface area contributed by atoms with Crippen LogP contribution in [0.1, 0.15) is 19.3 Å². The van der Waals surface area contributed by atoms with Gasteiger partial charge in [-0.05, 0) is 38.1 Å². The van der Waals surface area contributed by atoms with Crippen LogP contribution in [0.2, 0.25) is 0 Å². The lowest BCUT2D eigenvalue weighted by atomic mass is 10.1. The SMILES string of the molecule is COc1ncc2ccc(OCCN3CCCCC3)cc2n1. The van der Waals surface area contributed by atoms with Crippen LogP contribution in [0.4, 0.5) is 0 Å². The number of hydrogen-bond acceptors (Lipinski definition) is 5. The van der Waals surface area contributed by atoms with E-state index in [2.05, 4.69) is 14.9 Å². The molecular formula is C16H21N3O2. The van der Waals surface area contributed by atoms with Crippen molar-refractivity contribution in [3.8, 4) is 11.8 Å². The van der Waals surface area contributed by atoms with Gasteiger partial charge in [-0.15, -0.1) is 0 Å². The number of fused-ring (bicyclic) bond motifs is 1. The molecule has 0 N–H and O–H groups in total. The fraction of sp³-hybridized carbons (Fsp3) is 0.500. The number of nitrogens with zero attached hydrogens (tertiary/aromatic N) is 3. The Morgan fingerprint density at radius 3 is 2.86 bits per heavy atom. The Kier molecular flexibility index (Phi) is 4.50. The number of piperidine rings is 1. The zero-order valence-corrected chi connectivity index (χ0v) is 12.4. The normalized spacial score (nSPS) is 16.0. The molecule has 0 radical (unpaired) electrons. The van der Waals surface area contributed by atoms with Gasteiger partial charge in [-0.3, -0.25) is 4.90 Å². The third kappa shape index (κ3) is 3.61. The lowest BCUT2D eigenvalue weighted by molar-refractivity contribution is 0.183. The van der Waals surface area contributed by atoms with Gasteiger partial charge in [0, 0.05) is 24.2 Å². The molecule has 0 aliphatic carbocycles. The molecule has 2 aromatic rings. The van der Waals surface area contributed by atoms with E-state index in [-0.39, 0.29) is 0 Å². The first-order valence-corrected chi connectivity index (χ1v) is 7.51. The van der Waals surface area contributed by atoms with E-state index in [4.69, 9.17) is 9.47 Å². The smallest absolute Gasteiger partial charge is 0.316 e. The molecule has 0 amide bonds. The fourth-order valence-electron chi connectivity index (χ4n) is 2.65. The molecule has 0 unspecified atom stereocenters. The first kappa shape index (κ1) is 14.1. The van der Waals surface area contributed by atoms with E-state index in [1.165, 1.54) is 32.4 Å². The maximum atomic E-state index is 5.85. The van der Waals surface area contributed by atoms with Crippen LogP contribution in [0.15, 0.2) is 24.4 Å². The van der Waals surface area contributed by atoms with Crippen LogP contribution in [0.25, 0.3) is 10.9 Å². The molecule has 1 saturated heterocycles. The van der Waals surface area contributed by atoms with Gasteiger partial charge in [0.1, 0.15) is 12.4 Å². The van der Waals surface area contributed by atoms with Gasteiger partial charge >= 0.3 is 6.01 Å². The summed E-state index contributed by atoms with van der Waals surface area (Å²) in [4.78, 5) is 10.9. The van der Waals surface area contributed by atoms with Crippen molar-refractivity contribution >= 4 is 10.9 Å². The molecule has 5 heteroatoms. The third-order valence-corrected chi connectivity index (χ3v) is 3.84. The van der Waals surface area contributed by atoms with Crippen molar-refractivity contribution in [1.29, 1.82) is 0 Å². The molecule has 0 spiro atoms. The Bertz CT molecular complexity index is 597. The van der Waals surface area contributed by atoms with Crippen LogP contribution in [0.5, 0.6) is 11.8 Å². The zero-order valence-electron chi connectivity index (χ0n) is 12.4. The molecule has 5 nitrogen and oxygen atoms in total. The lowest BCUT2D eigenvalue weighted by Gasteiger charge is -2.26. The number of methoxy groups -OCH3 is 1. The van der Waals surface area contributed by atoms with E-state index in [9.17, 15) is 0 Å². The highest BCUT2D eigenvalue weighted by atomic mass is 16.5. The van der Waals surface area contributed by atoms with E-state index >= 15 is 0 Å². The quantitative estimate of drug-likeness (QED) is 0.845. The average Bonchev–Trinajstić information content (AvgIpc) is 2.55. The maximum Gasteiger partial charge on any atom is 0.316 e. The molecule has 1 fully saturated rings. The molecule has 1 aliphatic heterocycles. The second kappa shape index (κ2) is 6.72. The summed E-state index contributed by atoms with van der Waals surface area (Å²) in [6.07, 6.45) is 5.75. The predicted molar refractivity (Wildman–Crippen MR) is 81.9 cm³/mol. The minimum absolute atomic E-state index is 0.382. The number of aromatic nitrogens is 2. The number of hydrogen-bond donors (Lipinski definition) is 0. The molecule has 0 saturated carbocycles. The van der Waals surface area contributed by atoms with Crippen molar-refractivity contribution in [1.82, 2.24) is 14.9 Å². The van der Waals surface area contributed by atoms with E-state index in [1.54, 1.807) is 13.3 Å². The highest BCUT2D eigenvalue weighted by Crippen LogP contribution is 2.20. The molecule has 112 valence electrons. The van der Waals surface area contributed by atoms with E-state index in [1.807, 2.05) is 18.2 Å². The Morgan fingerprint density at radius 2 is 2.05 bits per heavy atom. The van der Waals surface area contributed by atoms with E-state index < -0.39 is 0 Å². The molecule has 0 atom stereocenters. The fourth-order valence-corrected chi connectivity index (χ4v) is 2.65. The van der Waals surface area contributed by atoms with Crippen LogP contribution in [0.3, 0.4) is 0 Å². The molecule has 0 bridgehead atoms. The first-order valence-electron chi connectivity index (χ1n) is 7.51. The number of benzene rings is 1. The predicted octanol–water partition coefficient (Wildman–Crippen LogP) is 2.50. The van der Waals surface area contributed by atoms with Gasteiger partial charge in [0.15, 0.2) is 0 Å². The number of ether oxygens (including phenoxy) is 2. The van der Waals surface area contributed by atoms with Crippen LogP contribution < -0.4 is 9.47 Å². The van der Waals surface area contributed by atoms with Crippen LogP contribution >= 0.6 is 0 Å². The summed E-state index contributed by atoms with van der Waals surface area (Å²) in [5.74, 6) is 0.847. The Hall–Kier alpha value is -1.88. The Labute approximate surface area is 124 Å². The zero-order chi connectivity index (χ0) is 14.5. The largest absolute Gasteiger partial charge is 0.492 e. The van der Waals surface area contributed by atoms with E-state index in [0.29, 0.717) is 12.6 Å². The Balaban J connectivity index is 1.60. The summed E-state index contributed by atoms with van der Waals surface area (Å²) in [7, 11) is 1.57. The molecule has 2 heterocycles. The van der Waals surface area contributed by atoms with Gasteiger partial charge in [0.05, 0.1) is 12.6 Å². The summed E-state index contributed by atoms with van der Waals surface area (Å²) >= 11 is 0. The van der Waals surface area contributed by atoms with E-state index in [0.717, 1.165) is 23.2 Å². The van der Waals surface area contributed by atoms with Gasteiger partial charge in [-0.25, -0.2) is 4.98 Å². The van der Waals surface area contributed by atoms with Gasteiger partial charge < -0.3 is 9.47 Å². The van der Waals surface area contributed by atoms with Crippen LogP contribution in [-0.2, 0) is 0 Å². The summed E-state index contributed by atoms with van der Waals surface area (Å²) < 4.78 is 10.9. The lowest BCUT2D eigenvalue weighted by Crippen LogP contribution is -2.33. The highest BCUT2D eigenvalue weighted by Gasteiger charge is 2.09. The number of rotatable bonds is 5. The standard InChI is InChI=1S/C16H21N3O2/c1-20-16-17-12-13-5-6-14(11-15(13)18-16)21-10-9-19-7-3-2-4-8-19/h5-6,11-12H,2-4,7-10H2,1H3. The topological polar surface area (TPSA) is 47.5 Å². The minimum Gasteiger partial charge on any atom is -0.492 e. The molecular weight excluding hydrogens is 266 g/mol. The van der Waals surface area contributed by atoms with Crippen molar-refractivity contribution < 1.29 is 9.47 Å². The van der Waals surface area contributed by atoms with Gasteiger partial charge in [0.25, 0.3) is 0 Å². The highest BCUT2D eigenvalue weighted by molar-refractivity contribution is 5.79. The summed E-state index contributed by atoms with van der Waals surface area (Å²) in [5, 5.41) is 0.985. The molecule has 1 aliphatic rings. The first-order chi connectivity index (χ1) is 10.3. The van der Waals surface area contributed by atoms with Crippen LogP contribution in [0, 0.1) is 0 Å². The second-order valence-electron chi connectivity index (χ2n) is 5.33. The van der Waals surface area contributed by atoms with Gasteiger partial charge in [-0.2, -0.15) is 4.98 Å². The van der Waals surface area contributed by atoms with Crippen LogP contribution in [-0.4, -0.2) is 48.2 Å². The summed E-state index contributed by atoms with van der Waals surface area (Å²) in [6, 6.07) is 6.27. The third-order valence-electron chi connectivity index (χ3n) is 3.84. The monoisotopic (exact) mass is 287 g/mol.